The molecule has 2 rings (SSSR count). The third kappa shape index (κ3) is 6.11. The molecule has 1 aromatic heterocycles. The van der Waals surface area contributed by atoms with Crippen molar-refractivity contribution in [3.8, 4) is 6.07 Å². The standard InChI is InChI=1S/C17H19N5O3.ClH/c1-2-19-16(23)22-15-9-12-5-3-6-13(14(12)11-20-15)10-21-17(24)25-8-4-7-18;/h3,5-6,9,11H,2,4,8,10H2,1H3,(H,21,24)(H2,19,20,22,23);1H. The van der Waals surface area contributed by atoms with Crippen LogP contribution in [0.2, 0.25) is 0 Å². The zero-order valence-electron chi connectivity index (χ0n) is 14.2. The molecule has 26 heavy (non-hydrogen) atoms. The maximum atomic E-state index is 11.6. The number of urea groups is 1. The highest BCUT2D eigenvalue weighted by Gasteiger charge is 2.07. The van der Waals surface area contributed by atoms with Crippen LogP contribution in [0, 0.1) is 11.3 Å². The molecule has 0 aliphatic heterocycles. The van der Waals surface area contributed by atoms with Gasteiger partial charge in [-0.1, -0.05) is 18.2 Å². The van der Waals surface area contributed by atoms with Crippen LogP contribution in [0.5, 0.6) is 0 Å². The molecule has 138 valence electrons. The van der Waals surface area contributed by atoms with Crippen molar-refractivity contribution in [2.24, 2.45) is 0 Å². The Bertz CT molecular complexity index is 807. The van der Waals surface area contributed by atoms with Crippen LogP contribution in [0.3, 0.4) is 0 Å². The van der Waals surface area contributed by atoms with Gasteiger partial charge in [-0.25, -0.2) is 14.6 Å². The van der Waals surface area contributed by atoms with Crippen molar-refractivity contribution in [3.05, 3.63) is 36.0 Å². The van der Waals surface area contributed by atoms with Gasteiger partial charge in [0.2, 0.25) is 0 Å². The summed E-state index contributed by atoms with van der Waals surface area (Å²) in [7, 11) is 0. The highest BCUT2D eigenvalue weighted by molar-refractivity contribution is 5.92. The van der Waals surface area contributed by atoms with Gasteiger partial charge in [0.25, 0.3) is 0 Å². The first-order valence-corrected chi connectivity index (χ1v) is 7.84. The summed E-state index contributed by atoms with van der Waals surface area (Å²) in [5.74, 6) is 0.444. The van der Waals surface area contributed by atoms with Gasteiger partial charge in [0, 0.05) is 24.7 Å². The van der Waals surface area contributed by atoms with E-state index in [0.29, 0.717) is 12.4 Å². The van der Waals surface area contributed by atoms with Crippen molar-refractivity contribution in [3.63, 3.8) is 0 Å². The summed E-state index contributed by atoms with van der Waals surface area (Å²) in [5.41, 5.74) is 0.867. The van der Waals surface area contributed by atoms with E-state index in [0.717, 1.165) is 16.3 Å². The van der Waals surface area contributed by atoms with E-state index in [2.05, 4.69) is 20.9 Å². The van der Waals surface area contributed by atoms with Crippen LogP contribution in [-0.4, -0.2) is 30.3 Å². The van der Waals surface area contributed by atoms with Gasteiger partial charge in [-0.3, -0.25) is 5.32 Å². The molecule has 1 aromatic carbocycles. The van der Waals surface area contributed by atoms with Gasteiger partial charge in [0.1, 0.15) is 12.4 Å². The van der Waals surface area contributed by atoms with Crippen LogP contribution in [0.25, 0.3) is 10.8 Å². The second-order valence-electron chi connectivity index (χ2n) is 5.09. The van der Waals surface area contributed by atoms with E-state index in [9.17, 15) is 9.59 Å². The predicted octanol–water partition coefficient (Wildman–Crippen LogP) is 2.94. The summed E-state index contributed by atoms with van der Waals surface area (Å²) < 4.78 is 4.86. The fourth-order valence-electron chi connectivity index (χ4n) is 2.19. The molecule has 0 spiro atoms. The zero-order valence-corrected chi connectivity index (χ0v) is 15.1. The molecule has 1 heterocycles. The van der Waals surface area contributed by atoms with Gasteiger partial charge < -0.3 is 15.4 Å². The molecule has 0 saturated heterocycles. The first-order chi connectivity index (χ1) is 12.1. The maximum Gasteiger partial charge on any atom is 0.407 e. The Kier molecular flexibility index (Phi) is 8.67. The zero-order chi connectivity index (χ0) is 18.1. The van der Waals surface area contributed by atoms with Crippen molar-refractivity contribution in [2.45, 2.75) is 19.9 Å². The van der Waals surface area contributed by atoms with Gasteiger partial charge in [-0.2, -0.15) is 5.26 Å². The van der Waals surface area contributed by atoms with Crippen molar-refractivity contribution < 1.29 is 14.3 Å². The third-order valence-corrected chi connectivity index (χ3v) is 3.30. The van der Waals surface area contributed by atoms with Crippen LogP contribution < -0.4 is 16.0 Å². The SMILES string of the molecule is CCNC(=O)Nc1cc2cccc(CNC(=O)OCCC#N)c2cn1.Cl. The second kappa shape index (κ2) is 10.7. The number of carbonyl (C=O) groups is 2. The molecule has 9 heteroatoms. The Balaban J connectivity index is 0.00000338. The van der Waals surface area contributed by atoms with Crippen LogP contribution in [0.15, 0.2) is 30.5 Å². The topological polar surface area (TPSA) is 116 Å². The normalized spacial score (nSPS) is 9.54. The summed E-state index contributed by atoms with van der Waals surface area (Å²) in [6, 6.07) is 8.98. The van der Waals surface area contributed by atoms with Crippen LogP contribution >= 0.6 is 12.4 Å². The monoisotopic (exact) mass is 377 g/mol. The fourth-order valence-corrected chi connectivity index (χ4v) is 2.19. The number of hydrogen-bond donors (Lipinski definition) is 3. The van der Waals surface area contributed by atoms with E-state index < -0.39 is 6.09 Å². The molecule has 3 amide bonds. The molecule has 2 aromatic rings. The molecule has 3 N–H and O–H groups in total. The van der Waals surface area contributed by atoms with E-state index in [4.69, 9.17) is 10.00 Å². The lowest BCUT2D eigenvalue weighted by Gasteiger charge is -2.10. The molecule has 0 aliphatic rings. The summed E-state index contributed by atoms with van der Waals surface area (Å²) in [4.78, 5) is 27.3. The molecule has 8 nitrogen and oxygen atoms in total. The van der Waals surface area contributed by atoms with Gasteiger partial charge in [0.05, 0.1) is 12.5 Å². The number of nitriles is 1. The molecule has 0 aliphatic carbocycles. The van der Waals surface area contributed by atoms with E-state index in [1.54, 1.807) is 12.3 Å². The number of alkyl carbamates (subject to hydrolysis) is 1. The second-order valence-corrected chi connectivity index (χ2v) is 5.09. The van der Waals surface area contributed by atoms with E-state index in [1.165, 1.54) is 0 Å². The molecular formula is C17H20ClN5O3. The average Bonchev–Trinajstić information content (AvgIpc) is 2.60. The molecule has 0 unspecified atom stereocenters. The molecule has 0 radical (unpaired) electrons. The number of nitrogens with one attached hydrogen (secondary N) is 3. The number of aromatic nitrogens is 1. The summed E-state index contributed by atoms with van der Waals surface area (Å²) >= 11 is 0. The number of hydrogen-bond acceptors (Lipinski definition) is 5. The van der Waals surface area contributed by atoms with Crippen LogP contribution in [0.1, 0.15) is 18.9 Å². The number of anilines is 1. The van der Waals surface area contributed by atoms with Crippen molar-refractivity contribution in [1.29, 1.82) is 5.26 Å². The Labute approximate surface area is 157 Å². The number of ether oxygens (including phenoxy) is 1. The van der Waals surface area contributed by atoms with E-state index >= 15 is 0 Å². The largest absolute Gasteiger partial charge is 0.448 e. The van der Waals surface area contributed by atoms with Crippen molar-refractivity contribution in [1.82, 2.24) is 15.6 Å². The number of pyridine rings is 1. The van der Waals surface area contributed by atoms with Gasteiger partial charge in [-0.05, 0) is 23.9 Å². The minimum absolute atomic E-state index is 0. The number of amides is 3. The minimum atomic E-state index is -0.574. The van der Waals surface area contributed by atoms with Crippen molar-refractivity contribution in [2.75, 3.05) is 18.5 Å². The Morgan fingerprint density at radius 3 is 2.85 bits per heavy atom. The molecule has 0 atom stereocenters. The molecule has 0 saturated carbocycles. The van der Waals surface area contributed by atoms with Gasteiger partial charge >= 0.3 is 12.1 Å². The maximum absolute atomic E-state index is 11.6. The Morgan fingerprint density at radius 1 is 1.31 bits per heavy atom. The fraction of sp³-hybridized carbons (Fsp3) is 0.294. The van der Waals surface area contributed by atoms with Gasteiger partial charge in [-0.15, -0.1) is 12.4 Å². The van der Waals surface area contributed by atoms with Crippen LogP contribution in [0.4, 0.5) is 15.4 Å². The number of rotatable bonds is 6. The quantitative estimate of drug-likeness (QED) is 0.669. The first-order valence-electron chi connectivity index (χ1n) is 7.84. The summed E-state index contributed by atoms with van der Waals surface area (Å²) in [6.07, 6.45) is 1.23. The van der Waals surface area contributed by atoms with Gasteiger partial charge in [0.15, 0.2) is 0 Å². The summed E-state index contributed by atoms with van der Waals surface area (Å²) in [5, 5.41) is 18.1. The highest BCUT2D eigenvalue weighted by atomic mass is 35.5. The molecular weight excluding hydrogens is 358 g/mol. The first kappa shape index (κ1) is 21.0. The average molecular weight is 378 g/mol. The summed E-state index contributed by atoms with van der Waals surface area (Å²) in [6.45, 7) is 2.69. The van der Waals surface area contributed by atoms with E-state index in [1.807, 2.05) is 31.2 Å². The lowest BCUT2D eigenvalue weighted by molar-refractivity contribution is 0.148. The number of halogens is 1. The lowest BCUT2D eigenvalue weighted by atomic mass is 10.1. The lowest BCUT2D eigenvalue weighted by Crippen LogP contribution is -2.28. The number of benzene rings is 1. The number of carbonyl (C=O) groups excluding carboxylic acids is 2. The van der Waals surface area contributed by atoms with E-state index in [-0.39, 0.29) is 38.0 Å². The predicted molar refractivity (Wildman–Crippen MR) is 100 cm³/mol. The smallest absolute Gasteiger partial charge is 0.407 e. The Morgan fingerprint density at radius 2 is 2.12 bits per heavy atom. The number of fused-ring (bicyclic) bond motifs is 1. The molecule has 0 fully saturated rings. The third-order valence-electron chi connectivity index (χ3n) is 3.30. The number of nitrogens with zero attached hydrogens (tertiary/aromatic N) is 2. The van der Waals surface area contributed by atoms with Crippen molar-refractivity contribution >= 4 is 41.1 Å². The molecule has 0 bridgehead atoms. The Hall–Kier alpha value is -3.05. The van der Waals surface area contributed by atoms with Crippen LogP contribution in [-0.2, 0) is 11.3 Å². The minimum Gasteiger partial charge on any atom is -0.448 e. The highest BCUT2D eigenvalue weighted by Crippen LogP contribution is 2.20.